The molecule has 2 N–H and O–H groups in total. The van der Waals surface area contributed by atoms with Gasteiger partial charge in [-0.25, -0.2) is 0 Å². The van der Waals surface area contributed by atoms with Crippen LogP contribution in [-0.2, 0) is 11.3 Å². The second-order valence-corrected chi connectivity index (χ2v) is 4.37. The summed E-state index contributed by atoms with van der Waals surface area (Å²) in [7, 11) is 3.39. The van der Waals surface area contributed by atoms with Crippen molar-refractivity contribution in [3.05, 3.63) is 29.8 Å². The predicted molar refractivity (Wildman–Crippen MR) is 68.0 cm³/mol. The number of benzene rings is 1. The van der Waals surface area contributed by atoms with Gasteiger partial charge in [-0.1, -0.05) is 18.2 Å². The van der Waals surface area contributed by atoms with E-state index in [1.165, 1.54) is 0 Å². The number of methoxy groups -OCH3 is 1. The Bertz CT molecular complexity index is 389. The first-order valence-electron chi connectivity index (χ1n) is 5.60. The highest BCUT2D eigenvalue weighted by molar-refractivity contribution is 5.85. The highest BCUT2D eigenvalue weighted by Gasteiger charge is 2.24. The molecule has 17 heavy (non-hydrogen) atoms. The van der Waals surface area contributed by atoms with Gasteiger partial charge in [-0.2, -0.15) is 0 Å². The molecule has 0 atom stereocenters. The van der Waals surface area contributed by atoms with Gasteiger partial charge in [-0.15, -0.1) is 0 Å². The van der Waals surface area contributed by atoms with Crippen molar-refractivity contribution in [1.82, 2.24) is 10.6 Å². The Morgan fingerprint density at radius 1 is 1.35 bits per heavy atom. The Hall–Kier alpha value is -1.55. The minimum atomic E-state index is -0.567. The standard InChI is InChI=1S/C13H20N2O2/c1-13(2,14-3)12(16)15-9-10-7-5-6-8-11(10)17-4/h5-8,14H,9H2,1-4H3,(H,15,16). The minimum absolute atomic E-state index is 0.0362. The zero-order valence-corrected chi connectivity index (χ0v) is 10.8. The van der Waals surface area contributed by atoms with E-state index in [1.54, 1.807) is 14.2 Å². The van der Waals surface area contributed by atoms with E-state index in [-0.39, 0.29) is 5.91 Å². The van der Waals surface area contributed by atoms with Crippen molar-refractivity contribution in [2.75, 3.05) is 14.2 Å². The molecule has 0 unspecified atom stereocenters. The molecule has 0 saturated heterocycles. The largest absolute Gasteiger partial charge is 0.496 e. The summed E-state index contributed by atoms with van der Waals surface area (Å²) in [4.78, 5) is 11.9. The first-order valence-corrected chi connectivity index (χ1v) is 5.60. The van der Waals surface area contributed by atoms with Crippen LogP contribution in [0.5, 0.6) is 5.75 Å². The number of carbonyl (C=O) groups excluding carboxylic acids is 1. The van der Waals surface area contributed by atoms with E-state index in [1.807, 2.05) is 38.1 Å². The molecule has 4 nitrogen and oxygen atoms in total. The topological polar surface area (TPSA) is 50.4 Å². The molecule has 94 valence electrons. The van der Waals surface area contributed by atoms with Gasteiger partial charge >= 0.3 is 0 Å². The van der Waals surface area contributed by atoms with E-state index in [0.29, 0.717) is 6.54 Å². The number of hydrogen-bond donors (Lipinski definition) is 2. The normalized spacial score (nSPS) is 11.1. The van der Waals surface area contributed by atoms with E-state index < -0.39 is 5.54 Å². The third kappa shape index (κ3) is 3.46. The van der Waals surface area contributed by atoms with Crippen molar-refractivity contribution >= 4 is 5.91 Å². The van der Waals surface area contributed by atoms with Crippen LogP contribution in [0.3, 0.4) is 0 Å². The molecule has 0 spiro atoms. The monoisotopic (exact) mass is 236 g/mol. The molecule has 1 aromatic rings. The van der Waals surface area contributed by atoms with Crippen LogP contribution in [0.1, 0.15) is 19.4 Å². The molecule has 0 bridgehead atoms. The Balaban J connectivity index is 2.65. The highest BCUT2D eigenvalue weighted by atomic mass is 16.5. The zero-order valence-electron chi connectivity index (χ0n) is 10.8. The van der Waals surface area contributed by atoms with E-state index in [9.17, 15) is 4.79 Å². The van der Waals surface area contributed by atoms with Crippen molar-refractivity contribution in [2.45, 2.75) is 25.9 Å². The smallest absolute Gasteiger partial charge is 0.239 e. The molecule has 0 heterocycles. The third-order valence-electron chi connectivity index (χ3n) is 2.82. The van der Waals surface area contributed by atoms with Crippen LogP contribution < -0.4 is 15.4 Å². The SMILES string of the molecule is CNC(C)(C)C(=O)NCc1ccccc1OC. The lowest BCUT2D eigenvalue weighted by Gasteiger charge is -2.23. The van der Waals surface area contributed by atoms with E-state index in [0.717, 1.165) is 11.3 Å². The Labute approximate surface area is 102 Å². The lowest BCUT2D eigenvalue weighted by Crippen LogP contribution is -2.50. The minimum Gasteiger partial charge on any atom is -0.496 e. The molecule has 0 aliphatic rings. The summed E-state index contributed by atoms with van der Waals surface area (Å²) in [5.74, 6) is 0.751. The molecule has 1 rings (SSSR count). The van der Waals surface area contributed by atoms with Crippen LogP contribution in [0.2, 0.25) is 0 Å². The number of rotatable bonds is 5. The predicted octanol–water partition coefficient (Wildman–Crippen LogP) is 1.31. The third-order valence-corrected chi connectivity index (χ3v) is 2.82. The fraction of sp³-hybridized carbons (Fsp3) is 0.462. The first kappa shape index (κ1) is 13.5. The summed E-state index contributed by atoms with van der Waals surface area (Å²) >= 11 is 0. The summed E-state index contributed by atoms with van der Waals surface area (Å²) in [6.07, 6.45) is 0. The van der Waals surface area contributed by atoms with Gasteiger partial charge in [-0.05, 0) is 27.0 Å². The van der Waals surface area contributed by atoms with E-state index in [2.05, 4.69) is 10.6 Å². The molecule has 0 aliphatic heterocycles. The van der Waals surface area contributed by atoms with E-state index in [4.69, 9.17) is 4.74 Å². The molecule has 0 aliphatic carbocycles. The van der Waals surface area contributed by atoms with Gasteiger partial charge in [-0.3, -0.25) is 4.79 Å². The quantitative estimate of drug-likeness (QED) is 0.810. The molecule has 1 amide bonds. The Morgan fingerprint density at radius 2 is 2.00 bits per heavy atom. The number of ether oxygens (including phenoxy) is 1. The summed E-state index contributed by atoms with van der Waals surface area (Å²) < 4.78 is 5.22. The maximum absolute atomic E-state index is 11.9. The maximum atomic E-state index is 11.9. The van der Waals surface area contributed by atoms with Gasteiger partial charge in [0, 0.05) is 12.1 Å². The van der Waals surface area contributed by atoms with Gasteiger partial charge in [0.15, 0.2) is 0 Å². The number of para-hydroxylation sites is 1. The number of carbonyl (C=O) groups is 1. The van der Waals surface area contributed by atoms with Crippen LogP contribution in [0.4, 0.5) is 0 Å². The molecule has 0 fully saturated rings. The maximum Gasteiger partial charge on any atom is 0.239 e. The molecule has 1 aromatic carbocycles. The molecule has 0 radical (unpaired) electrons. The highest BCUT2D eigenvalue weighted by Crippen LogP contribution is 2.16. The lowest BCUT2D eigenvalue weighted by atomic mass is 10.1. The number of amides is 1. The Morgan fingerprint density at radius 3 is 2.59 bits per heavy atom. The Kier molecular flexibility index (Phi) is 4.52. The van der Waals surface area contributed by atoms with Crippen LogP contribution >= 0.6 is 0 Å². The second kappa shape index (κ2) is 5.68. The first-order chi connectivity index (χ1) is 8.01. The zero-order chi connectivity index (χ0) is 12.9. The van der Waals surface area contributed by atoms with Crippen molar-refractivity contribution in [3.63, 3.8) is 0 Å². The molecular formula is C13H20N2O2. The average Bonchev–Trinajstić information content (AvgIpc) is 2.36. The molecule has 0 saturated carbocycles. The van der Waals surface area contributed by atoms with Gasteiger partial charge < -0.3 is 15.4 Å². The fourth-order valence-corrected chi connectivity index (χ4v) is 1.36. The van der Waals surface area contributed by atoms with Crippen molar-refractivity contribution in [2.24, 2.45) is 0 Å². The molecule has 0 aromatic heterocycles. The summed E-state index contributed by atoms with van der Waals surface area (Å²) in [5, 5.41) is 5.85. The lowest BCUT2D eigenvalue weighted by molar-refractivity contribution is -0.126. The van der Waals surface area contributed by atoms with Gasteiger partial charge in [0.25, 0.3) is 0 Å². The van der Waals surface area contributed by atoms with Gasteiger partial charge in [0.05, 0.1) is 12.6 Å². The van der Waals surface area contributed by atoms with E-state index >= 15 is 0 Å². The average molecular weight is 236 g/mol. The fourth-order valence-electron chi connectivity index (χ4n) is 1.36. The van der Waals surface area contributed by atoms with Crippen LogP contribution in [0, 0.1) is 0 Å². The number of hydrogen-bond acceptors (Lipinski definition) is 3. The number of nitrogens with one attached hydrogen (secondary N) is 2. The van der Waals surface area contributed by atoms with Crippen molar-refractivity contribution in [3.8, 4) is 5.75 Å². The van der Waals surface area contributed by atoms with Crippen LogP contribution in [-0.4, -0.2) is 25.6 Å². The molecule has 4 heteroatoms. The number of likely N-dealkylation sites (N-methyl/N-ethyl adjacent to an activating group) is 1. The van der Waals surface area contributed by atoms with Crippen LogP contribution in [0.15, 0.2) is 24.3 Å². The summed E-state index contributed by atoms with van der Waals surface area (Å²) in [6.45, 7) is 4.14. The summed E-state index contributed by atoms with van der Waals surface area (Å²) in [5.41, 5.74) is 0.400. The van der Waals surface area contributed by atoms with Gasteiger partial charge in [0.1, 0.15) is 5.75 Å². The van der Waals surface area contributed by atoms with Crippen LogP contribution in [0.25, 0.3) is 0 Å². The van der Waals surface area contributed by atoms with Crippen molar-refractivity contribution in [1.29, 1.82) is 0 Å². The van der Waals surface area contributed by atoms with Gasteiger partial charge in [0.2, 0.25) is 5.91 Å². The molecular weight excluding hydrogens is 216 g/mol. The van der Waals surface area contributed by atoms with Crippen molar-refractivity contribution < 1.29 is 9.53 Å². The summed E-state index contributed by atoms with van der Waals surface area (Å²) in [6, 6.07) is 7.64. The second-order valence-electron chi connectivity index (χ2n) is 4.37.